The lowest BCUT2D eigenvalue weighted by atomic mass is 9.76. The van der Waals surface area contributed by atoms with Crippen LogP contribution < -0.4 is 5.32 Å². The molecule has 78 valence electrons. The van der Waals surface area contributed by atoms with Crippen LogP contribution >= 0.6 is 0 Å². The molecule has 0 aliphatic carbocycles. The summed E-state index contributed by atoms with van der Waals surface area (Å²) in [6.07, 6.45) is 1.11. The summed E-state index contributed by atoms with van der Waals surface area (Å²) >= 11 is 0. The highest BCUT2D eigenvalue weighted by Gasteiger charge is 2.25. The van der Waals surface area contributed by atoms with Crippen molar-refractivity contribution in [3.8, 4) is 0 Å². The summed E-state index contributed by atoms with van der Waals surface area (Å²) in [6.45, 7) is 13.4. The molecule has 0 atom stereocenters. The van der Waals surface area contributed by atoms with E-state index < -0.39 is 0 Å². The van der Waals surface area contributed by atoms with Gasteiger partial charge in [-0.15, -0.1) is 0 Å². The number of nitrogens with one attached hydrogen (secondary N) is 1. The van der Waals surface area contributed by atoms with Crippen molar-refractivity contribution in [1.29, 1.82) is 0 Å². The third-order valence-corrected chi connectivity index (χ3v) is 1.82. The van der Waals surface area contributed by atoms with E-state index in [1.807, 2.05) is 0 Å². The van der Waals surface area contributed by atoms with Crippen LogP contribution in [0, 0.1) is 10.8 Å². The molecule has 2 heteroatoms. The molecule has 0 aromatic carbocycles. The normalized spacial score (nSPS) is 12.8. The molecule has 0 aromatic rings. The zero-order valence-electron chi connectivity index (χ0n) is 9.82. The van der Waals surface area contributed by atoms with E-state index >= 15 is 0 Å². The third-order valence-electron chi connectivity index (χ3n) is 1.82. The molecule has 0 bridgehead atoms. The van der Waals surface area contributed by atoms with Crippen molar-refractivity contribution in [2.75, 3.05) is 6.54 Å². The molecule has 1 N–H and O–H groups in total. The zero-order chi connectivity index (χ0) is 10.7. The Kier molecular flexibility index (Phi) is 3.95. The Balaban J connectivity index is 4.01. The molecule has 0 fully saturated rings. The Morgan fingerprint density at radius 2 is 1.62 bits per heavy atom. The van der Waals surface area contributed by atoms with E-state index in [4.69, 9.17) is 0 Å². The maximum Gasteiger partial charge on any atom is 0.216 e. The first kappa shape index (κ1) is 12.5. The number of rotatable bonds is 3. The van der Waals surface area contributed by atoms with Crippen LogP contribution in [-0.4, -0.2) is 12.5 Å². The minimum atomic E-state index is 0.0574. The van der Waals surface area contributed by atoms with Crippen molar-refractivity contribution >= 4 is 5.91 Å². The summed E-state index contributed by atoms with van der Waals surface area (Å²) in [4.78, 5) is 10.7. The van der Waals surface area contributed by atoms with Crippen molar-refractivity contribution in [3.05, 3.63) is 0 Å². The maximum atomic E-state index is 10.7. The monoisotopic (exact) mass is 185 g/mol. The van der Waals surface area contributed by atoms with E-state index in [1.54, 1.807) is 6.92 Å². The van der Waals surface area contributed by atoms with Crippen molar-refractivity contribution < 1.29 is 4.79 Å². The molecule has 0 aliphatic heterocycles. The summed E-state index contributed by atoms with van der Waals surface area (Å²) in [5.41, 5.74) is 0.506. The van der Waals surface area contributed by atoms with Gasteiger partial charge >= 0.3 is 0 Å². The maximum absolute atomic E-state index is 10.7. The predicted molar refractivity (Wildman–Crippen MR) is 56.5 cm³/mol. The van der Waals surface area contributed by atoms with Gasteiger partial charge in [-0.05, 0) is 17.3 Å². The van der Waals surface area contributed by atoms with E-state index in [1.165, 1.54) is 0 Å². The van der Waals surface area contributed by atoms with Crippen molar-refractivity contribution in [1.82, 2.24) is 5.32 Å². The highest BCUT2D eigenvalue weighted by molar-refractivity contribution is 5.72. The molecule has 0 unspecified atom stereocenters. The molecule has 0 saturated heterocycles. The highest BCUT2D eigenvalue weighted by Crippen LogP contribution is 2.32. The van der Waals surface area contributed by atoms with Gasteiger partial charge < -0.3 is 5.32 Å². The molecule has 0 spiro atoms. The second-order valence-electron chi connectivity index (χ2n) is 5.81. The summed E-state index contributed by atoms with van der Waals surface area (Å²) in [6, 6.07) is 0. The van der Waals surface area contributed by atoms with E-state index in [9.17, 15) is 4.79 Å². The van der Waals surface area contributed by atoms with Gasteiger partial charge in [-0.3, -0.25) is 4.79 Å². The zero-order valence-corrected chi connectivity index (χ0v) is 9.82. The number of hydrogen-bond donors (Lipinski definition) is 1. The van der Waals surface area contributed by atoms with Crippen LogP contribution in [-0.2, 0) is 4.79 Å². The summed E-state index contributed by atoms with van der Waals surface area (Å²) in [5, 5.41) is 2.87. The van der Waals surface area contributed by atoms with Crippen LogP contribution in [0.2, 0.25) is 0 Å². The molecule has 0 saturated carbocycles. The summed E-state index contributed by atoms with van der Waals surface area (Å²) in [7, 11) is 0. The standard InChI is InChI=1S/C11H23NO/c1-9(13)12-8-11(5,6)7-10(2,3)4/h7-8H2,1-6H3,(H,12,13). The van der Waals surface area contributed by atoms with E-state index in [0.29, 0.717) is 5.41 Å². The Morgan fingerprint density at radius 1 is 1.15 bits per heavy atom. The molecule has 0 radical (unpaired) electrons. The molecule has 0 rings (SSSR count). The van der Waals surface area contributed by atoms with Crippen LogP contribution in [0.4, 0.5) is 0 Å². The number of amides is 1. The molecule has 1 amide bonds. The Morgan fingerprint density at radius 3 is 1.92 bits per heavy atom. The largest absolute Gasteiger partial charge is 0.356 e. The molecule has 13 heavy (non-hydrogen) atoms. The minimum Gasteiger partial charge on any atom is -0.356 e. The molecule has 0 heterocycles. The highest BCUT2D eigenvalue weighted by atomic mass is 16.1. The topological polar surface area (TPSA) is 29.1 Å². The van der Waals surface area contributed by atoms with Gasteiger partial charge in [-0.25, -0.2) is 0 Å². The molecule has 2 nitrogen and oxygen atoms in total. The number of carbonyl (C=O) groups excluding carboxylic acids is 1. The van der Waals surface area contributed by atoms with Crippen molar-refractivity contribution in [2.45, 2.75) is 48.0 Å². The van der Waals surface area contributed by atoms with Crippen molar-refractivity contribution in [3.63, 3.8) is 0 Å². The van der Waals surface area contributed by atoms with E-state index in [-0.39, 0.29) is 11.3 Å². The van der Waals surface area contributed by atoms with Crippen LogP contribution in [0.25, 0.3) is 0 Å². The number of hydrogen-bond acceptors (Lipinski definition) is 1. The van der Waals surface area contributed by atoms with Gasteiger partial charge in [0, 0.05) is 13.5 Å². The lowest BCUT2D eigenvalue weighted by Crippen LogP contribution is -2.35. The fourth-order valence-corrected chi connectivity index (χ4v) is 1.86. The molecular formula is C11H23NO. The second-order valence-corrected chi connectivity index (χ2v) is 5.81. The first-order valence-corrected chi connectivity index (χ1v) is 4.87. The fraction of sp³-hybridized carbons (Fsp3) is 0.909. The average Bonchev–Trinajstić information content (AvgIpc) is 1.78. The van der Waals surface area contributed by atoms with Crippen LogP contribution in [0.3, 0.4) is 0 Å². The molecule has 0 aliphatic rings. The Bertz CT molecular complexity index is 177. The lowest BCUT2D eigenvalue weighted by Gasteiger charge is -2.32. The fourth-order valence-electron chi connectivity index (χ4n) is 1.86. The predicted octanol–water partition coefficient (Wildman–Crippen LogP) is 2.58. The SMILES string of the molecule is CC(=O)NCC(C)(C)CC(C)(C)C. The average molecular weight is 185 g/mol. The van der Waals surface area contributed by atoms with Crippen molar-refractivity contribution in [2.24, 2.45) is 10.8 Å². The van der Waals surface area contributed by atoms with E-state index in [0.717, 1.165) is 13.0 Å². The third kappa shape index (κ3) is 7.82. The van der Waals surface area contributed by atoms with Gasteiger partial charge in [0.15, 0.2) is 0 Å². The summed E-state index contributed by atoms with van der Waals surface area (Å²) in [5.74, 6) is 0.0574. The summed E-state index contributed by atoms with van der Waals surface area (Å²) < 4.78 is 0. The lowest BCUT2D eigenvalue weighted by molar-refractivity contribution is -0.119. The molecule has 0 aromatic heterocycles. The Hall–Kier alpha value is -0.530. The first-order valence-electron chi connectivity index (χ1n) is 4.87. The molecular weight excluding hydrogens is 162 g/mol. The van der Waals surface area contributed by atoms with Gasteiger partial charge in [0.2, 0.25) is 5.91 Å². The van der Waals surface area contributed by atoms with Gasteiger partial charge in [-0.2, -0.15) is 0 Å². The van der Waals surface area contributed by atoms with Crippen LogP contribution in [0.5, 0.6) is 0 Å². The minimum absolute atomic E-state index is 0.0574. The second kappa shape index (κ2) is 4.12. The van der Waals surface area contributed by atoms with Crippen LogP contribution in [0.15, 0.2) is 0 Å². The van der Waals surface area contributed by atoms with Gasteiger partial charge in [-0.1, -0.05) is 34.6 Å². The first-order chi connectivity index (χ1) is 5.62. The van der Waals surface area contributed by atoms with Gasteiger partial charge in [0.05, 0.1) is 0 Å². The smallest absolute Gasteiger partial charge is 0.216 e. The van der Waals surface area contributed by atoms with Crippen LogP contribution in [0.1, 0.15) is 48.0 Å². The van der Waals surface area contributed by atoms with Gasteiger partial charge in [0.25, 0.3) is 0 Å². The van der Waals surface area contributed by atoms with Gasteiger partial charge in [0.1, 0.15) is 0 Å². The van der Waals surface area contributed by atoms with E-state index in [2.05, 4.69) is 39.9 Å². The number of carbonyl (C=O) groups is 1. The Labute approximate surface area is 82.1 Å². The quantitative estimate of drug-likeness (QED) is 0.719.